The minimum absolute atomic E-state index is 0.250. The third kappa shape index (κ3) is 4.01. The van der Waals surface area contributed by atoms with E-state index in [0.717, 1.165) is 30.3 Å². The van der Waals surface area contributed by atoms with Gasteiger partial charge in [-0.1, -0.05) is 6.92 Å². The van der Waals surface area contributed by atoms with E-state index in [1.54, 1.807) is 0 Å². The van der Waals surface area contributed by atoms with Crippen LogP contribution in [0.3, 0.4) is 0 Å². The smallest absolute Gasteiger partial charge is 0.208 e. The van der Waals surface area contributed by atoms with Crippen LogP contribution in [0, 0.1) is 19.8 Å². The molecule has 0 saturated carbocycles. The van der Waals surface area contributed by atoms with Crippen LogP contribution in [0.2, 0.25) is 0 Å². The van der Waals surface area contributed by atoms with Crippen molar-refractivity contribution in [2.24, 2.45) is 5.92 Å². The van der Waals surface area contributed by atoms with E-state index in [-0.39, 0.29) is 6.61 Å². The molecule has 0 saturated heterocycles. The first-order chi connectivity index (χ1) is 7.13. The Labute approximate surface area is 90.7 Å². The number of aryl methyl sites for hydroxylation is 2. The normalized spacial score (nSPS) is 13.1. The first-order valence-corrected chi connectivity index (χ1v) is 5.38. The van der Waals surface area contributed by atoms with E-state index in [0.29, 0.717) is 12.5 Å². The Bertz CT molecular complexity index is 277. The molecule has 1 rings (SSSR count). The third-order valence-corrected chi connectivity index (χ3v) is 2.46. The van der Waals surface area contributed by atoms with E-state index >= 15 is 0 Å². The Balaban J connectivity index is 2.25. The van der Waals surface area contributed by atoms with Crippen LogP contribution in [-0.4, -0.2) is 23.2 Å². The van der Waals surface area contributed by atoms with E-state index in [4.69, 9.17) is 9.52 Å². The van der Waals surface area contributed by atoms with Crippen molar-refractivity contribution < 1.29 is 9.52 Å². The maximum absolute atomic E-state index is 8.73. The highest BCUT2D eigenvalue weighted by Gasteiger charge is 2.05. The number of nitrogens with one attached hydrogen (secondary N) is 1. The van der Waals surface area contributed by atoms with Crippen molar-refractivity contribution in [3.8, 4) is 0 Å². The quantitative estimate of drug-likeness (QED) is 0.748. The molecule has 0 spiro atoms. The summed E-state index contributed by atoms with van der Waals surface area (Å²) >= 11 is 0. The summed E-state index contributed by atoms with van der Waals surface area (Å²) in [6, 6.07) is 0. The molecule has 0 bridgehead atoms. The predicted octanol–water partition coefficient (Wildman–Crippen LogP) is 1.40. The third-order valence-electron chi connectivity index (χ3n) is 2.46. The second-order valence-corrected chi connectivity index (χ2v) is 4.00. The lowest BCUT2D eigenvalue weighted by atomic mass is 10.1. The number of aliphatic hydroxyl groups is 1. The summed E-state index contributed by atoms with van der Waals surface area (Å²) in [6.45, 7) is 7.75. The second-order valence-electron chi connectivity index (χ2n) is 4.00. The lowest BCUT2D eigenvalue weighted by Crippen LogP contribution is -2.21. The number of hydrogen-bond acceptors (Lipinski definition) is 4. The van der Waals surface area contributed by atoms with Gasteiger partial charge in [0.1, 0.15) is 5.76 Å². The van der Waals surface area contributed by atoms with E-state index in [2.05, 4.69) is 17.2 Å². The second kappa shape index (κ2) is 5.88. The monoisotopic (exact) mass is 212 g/mol. The van der Waals surface area contributed by atoms with Crippen LogP contribution in [0.5, 0.6) is 0 Å². The van der Waals surface area contributed by atoms with Gasteiger partial charge in [-0.15, -0.1) is 0 Å². The van der Waals surface area contributed by atoms with Gasteiger partial charge in [0.15, 0.2) is 0 Å². The van der Waals surface area contributed by atoms with Crippen molar-refractivity contribution in [3.63, 3.8) is 0 Å². The van der Waals surface area contributed by atoms with E-state index in [9.17, 15) is 0 Å². The fraction of sp³-hybridized carbons (Fsp3) is 0.727. The molecule has 0 aliphatic rings. The predicted molar refractivity (Wildman–Crippen MR) is 58.6 cm³/mol. The molecular weight excluding hydrogens is 192 g/mol. The van der Waals surface area contributed by atoms with E-state index in [1.807, 2.05) is 13.8 Å². The summed E-state index contributed by atoms with van der Waals surface area (Å²) in [5.74, 6) is 2.10. The fourth-order valence-corrected chi connectivity index (χ4v) is 1.36. The first kappa shape index (κ1) is 12.2. The minimum atomic E-state index is 0.250. The molecule has 1 atom stereocenters. The zero-order chi connectivity index (χ0) is 11.3. The van der Waals surface area contributed by atoms with Crippen LogP contribution >= 0.6 is 0 Å². The Morgan fingerprint density at radius 3 is 2.73 bits per heavy atom. The number of oxazole rings is 1. The molecule has 0 radical (unpaired) electrons. The molecular formula is C11H20N2O2. The van der Waals surface area contributed by atoms with Crippen LogP contribution in [0.4, 0.5) is 0 Å². The molecule has 0 aliphatic heterocycles. The van der Waals surface area contributed by atoms with E-state index < -0.39 is 0 Å². The van der Waals surface area contributed by atoms with Gasteiger partial charge in [0.05, 0.1) is 12.2 Å². The van der Waals surface area contributed by atoms with Crippen molar-refractivity contribution >= 4 is 0 Å². The maximum Gasteiger partial charge on any atom is 0.208 e. The standard InChI is InChI=1S/C11H20N2O2/c1-8(4-5-14)6-12-7-11-13-9(2)10(3)15-11/h8,12,14H,4-7H2,1-3H3. The first-order valence-electron chi connectivity index (χ1n) is 5.38. The number of aliphatic hydroxyl groups excluding tert-OH is 1. The number of hydrogen-bond donors (Lipinski definition) is 2. The minimum Gasteiger partial charge on any atom is -0.444 e. The summed E-state index contributed by atoms with van der Waals surface area (Å²) in [5.41, 5.74) is 0.954. The molecule has 0 amide bonds. The molecule has 1 aromatic rings. The zero-order valence-electron chi connectivity index (χ0n) is 9.71. The summed E-state index contributed by atoms with van der Waals surface area (Å²) in [6.07, 6.45) is 0.830. The molecule has 1 unspecified atom stereocenters. The largest absolute Gasteiger partial charge is 0.444 e. The van der Waals surface area contributed by atoms with Gasteiger partial charge < -0.3 is 14.8 Å². The Kier molecular flexibility index (Phi) is 4.78. The fourth-order valence-electron chi connectivity index (χ4n) is 1.36. The Morgan fingerprint density at radius 2 is 2.20 bits per heavy atom. The van der Waals surface area contributed by atoms with Crippen molar-refractivity contribution in [3.05, 3.63) is 17.3 Å². The van der Waals surface area contributed by atoms with Crippen LogP contribution in [0.1, 0.15) is 30.7 Å². The van der Waals surface area contributed by atoms with Crippen molar-refractivity contribution in [2.75, 3.05) is 13.2 Å². The lowest BCUT2D eigenvalue weighted by molar-refractivity contribution is 0.259. The molecule has 2 N–H and O–H groups in total. The zero-order valence-corrected chi connectivity index (χ0v) is 9.71. The summed E-state index contributed by atoms with van der Waals surface area (Å²) in [4.78, 5) is 4.27. The van der Waals surface area contributed by atoms with Gasteiger partial charge in [0.2, 0.25) is 5.89 Å². The van der Waals surface area contributed by atoms with Crippen LogP contribution in [-0.2, 0) is 6.54 Å². The molecule has 4 heteroatoms. The summed E-state index contributed by atoms with van der Waals surface area (Å²) in [7, 11) is 0. The summed E-state index contributed by atoms with van der Waals surface area (Å²) < 4.78 is 5.43. The highest BCUT2D eigenvalue weighted by atomic mass is 16.4. The number of aromatic nitrogens is 1. The molecule has 1 heterocycles. The SMILES string of the molecule is Cc1nc(CNCC(C)CCO)oc1C. The van der Waals surface area contributed by atoms with Gasteiger partial charge in [-0.25, -0.2) is 4.98 Å². The maximum atomic E-state index is 8.73. The average Bonchev–Trinajstić information content (AvgIpc) is 2.46. The van der Waals surface area contributed by atoms with Crippen LogP contribution in [0.25, 0.3) is 0 Å². The van der Waals surface area contributed by atoms with E-state index in [1.165, 1.54) is 0 Å². The number of rotatable bonds is 6. The molecule has 0 aliphatic carbocycles. The highest BCUT2D eigenvalue weighted by Crippen LogP contribution is 2.08. The van der Waals surface area contributed by atoms with Gasteiger partial charge in [0.25, 0.3) is 0 Å². The van der Waals surface area contributed by atoms with Crippen molar-refractivity contribution in [1.29, 1.82) is 0 Å². The van der Waals surface area contributed by atoms with Crippen molar-refractivity contribution in [1.82, 2.24) is 10.3 Å². The van der Waals surface area contributed by atoms with Crippen LogP contribution < -0.4 is 5.32 Å². The van der Waals surface area contributed by atoms with Gasteiger partial charge in [-0.05, 0) is 32.7 Å². The molecule has 1 aromatic heterocycles. The van der Waals surface area contributed by atoms with Crippen LogP contribution in [0.15, 0.2) is 4.42 Å². The topological polar surface area (TPSA) is 58.3 Å². The van der Waals surface area contributed by atoms with Gasteiger partial charge in [0, 0.05) is 6.61 Å². The molecule has 0 aromatic carbocycles. The Morgan fingerprint density at radius 1 is 1.47 bits per heavy atom. The molecule has 4 nitrogen and oxygen atoms in total. The average molecular weight is 212 g/mol. The van der Waals surface area contributed by atoms with Gasteiger partial charge >= 0.3 is 0 Å². The highest BCUT2D eigenvalue weighted by molar-refractivity contribution is 5.05. The molecule has 0 fully saturated rings. The van der Waals surface area contributed by atoms with Gasteiger partial charge in [-0.2, -0.15) is 0 Å². The van der Waals surface area contributed by atoms with Gasteiger partial charge in [-0.3, -0.25) is 0 Å². The molecule has 15 heavy (non-hydrogen) atoms. The summed E-state index contributed by atoms with van der Waals surface area (Å²) in [5, 5.41) is 12.0. The number of nitrogens with zero attached hydrogens (tertiary/aromatic N) is 1. The van der Waals surface area contributed by atoms with Crippen molar-refractivity contribution in [2.45, 2.75) is 33.7 Å². The molecule has 86 valence electrons. The lowest BCUT2D eigenvalue weighted by Gasteiger charge is -2.09. The Hall–Kier alpha value is -0.870.